The number of hydrogen-bond acceptors (Lipinski definition) is 3. The molecule has 1 aromatic carbocycles. The van der Waals surface area contributed by atoms with Gasteiger partial charge in [0.25, 0.3) is 0 Å². The van der Waals surface area contributed by atoms with E-state index in [1.54, 1.807) is 6.20 Å². The van der Waals surface area contributed by atoms with Crippen molar-refractivity contribution >= 4 is 5.91 Å². The van der Waals surface area contributed by atoms with Gasteiger partial charge in [-0.3, -0.25) is 4.79 Å². The minimum atomic E-state index is -0.553. The first kappa shape index (κ1) is 16.2. The number of aliphatic hydroxyl groups excluding tert-OH is 1. The second kappa shape index (κ2) is 8.34. The van der Waals surface area contributed by atoms with Crippen molar-refractivity contribution in [1.29, 1.82) is 0 Å². The number of nitrogens with one attached hydrogen (secondary N) is 1. The highest BCUT2D eigenvalue weighted by molar-refractivity contribution is 5.75. The largest absolute Gasteiger partial charge is 0.391 e. The number of carbonyl (C=O) groups is 1. The zero-order valence-corrected chi connectivity index (χ0v) is 12.9. The Morgan fingerprint density at radius 2 is 2.14 bits per heavy atom. The van der Waals surface area contributed by atoms with E-state index in [0.29, 0.717) is 12.8 Å². The first-order chi connectivity index (χ1) is 10.6. The molecule has 1 aromatic heterocycles. The number of rotatable bonds is 8. The Kier molecular flexibility index (Phi) is 6.15. The van der Waals surface area contributed by atoms with Gasteiger partial charge in [-0.2, -0.15) is 0 Å². The molecule has 1 atom stereocenters. The zero-order valence-electron chi connectivity index (χ0n) is 12.9. The standard InChI is InChI=1S/C17H23N3O2/c1-14-18-9-11-20(14)10-5-8-17(22)19-13-16(21)12-15-6-3-2-4-7-15/h2-4,6-7,9,11,16,21H,5,8,10,12-13H2,1H3,(H,19,22). The van der Waals surface area contributed by atoms with Crippen molar-refractivity contribution in [2.75, 3.05) is 6.54 Å². The fourth-order valence-corrected chi connectivity index (χ4v) is 2.33. The molecule has 118 valence electrons. The van der Waals surface area contributed by atoms with Crippen molar-refractivity contribution in [3.05, 3.63) is 54.1 Å². The van der Waals surface area contributed by atoms with Gasteiger partial charge in [0.15, 0.2) is 0 Å². The number of amides is 1. The van der Waals surface area contributed by atoms with Crippen LogP contribution in [0.2, 0.25) is 0 Å². The molecule has 0 aliphatic rings. The van der Waals surface area contributed by atoms with Gasteiger partial charge < -0.3 is 15.0 Å². The number of aryl methyl sites for hydroxylation is 2. The lowest BCUT2D eigenvalue weighted by Gasteiger charge is -2.12. The van der Waals surface area contributed by atoms with Crippen molar-refractivity contribution in [2.24, 2.45) is 0 Å². The van der Waals surface area contributed by atoms with E-state index >= 15 is 0 Å². The number of hydrogen-bond donors (Lipinski definition) is 2. The molecule has 22 heavy (non-hydrogen) atoms. The quantitative estimate of drug-likeness (QED) is 0.780. The van der Waals surface area contributed by atoms with Crippen molar-refractivity contribution < 1.29 is 9.90 Å². The maximum absolute atomic E-state index is 11.8. The monoisotopic (exact) mass is 301 g/mol. The lowest BCUT2D eigenvalue weighted by molar-refractivity contribution is -0.121. The molecule has 2 aromatic rings. The van der Waals surface area contributed by atoms with Crippen LogP contribution in [-0.2, 0) is 17.8 Å². The van der Waals surface area contributed by atoms with Gasteiger partial charge in [0, 0.05) is 38.3 Å². The Balaban J connectivity index is 1.62. The van der Waals surface area contributed by atoms with Crippen LogP contribution in [-0.4, -0.2) is 33.2 Å². The average molecular weight is 301 g/mol. The van der Waals surface area contributed by atoms with Gasteiger partial charge in [-0.1, -0.05) is 30.3 Å². The predicted octanol–water partition coefficient (Wildman–Crippen LogP) is 1.69. The second-order valence-electron chi connectivity index (χ2n) is 5.42. The zero-order chi connectivity index (χ0) is 15.8. The third-order valence-corrected chi connectivity index (χ3v) is 3.58. The van der Waals surface area contributed by atoms with Crippen LogP contribution in [0, 0.1) is 6.92 Å². The second-order valence-corrected chi connectivity index (χ2v) is 5.42. The number of aromatic nitrogens is 2. The number of nitrogens with zero attached hydrogens (tertiary/aromatic N) is 2. The van der Waals surface area contributed by atoms with E-state index in [1.165, 1.54) is 0 Å². The molecule has 0 fully saturated rings. The number of benzene rings is 1. The smallest absolute Gasteiger partial charge is 0.220 e. The lowest BCUT2D eigenvalue weighted by Crippen LogP contribution is -2.33. The third-order valence-electron chi connectivity index (χ3n) is 3.58. The Labute approximate surface area is 131 Å². The first-order valence-corrected chi connectivity index (χ1v) is 7.61. The van der Waals surface area contributed by atoms with E-state index in [1.807, 2.05) is 48.0 Å². The number of carbonyl (C=O) groups excluding carboxylic acids is 1. The summed E-state index contributed by atoms with van der Waals surface area (Å²) in [7, 11) is 0. The Bertz CT molecular complexity index is 581. The molecular weight excluding hydrogens is 278 g/mol. The molecule has 0 aliphatic carbocycles. The van der Waals surface area contributed by atoms with E-state index in [2.05, 4.69) is 10.3 Å². The van der Waals surface area contributed by atoms with Crippen LogP contribution in [0.3, 0.4) is 0 Å². The summed E-state index contributed by atoms with van der Waals surface area (Å²) in [6, 6.07) is 9.77. The molecule has 1 unspecified atom stereocenters. The summed E-state index contributed by atoms with van der Waals surface area (Å²) in [6.45, 7) is 3.02. The molecule has 0 saturated heterocycles. The molecule has 5 nitrogen and oxygen atoms in total. The molecule has 0 radical (unpaired) electrons. The van der Waals surface area contributed by atoms with E-state index in [-0.39, 0.29) is 12.5 Å². The summed E-state index contributed by atoms with van der Waals surface area (Å²) in [4.78, 5) is 15.9. The minimum Gasteiger partial charge on any atom is -0.391 e. The van der Waals surface area contributed by atoms with Gasteiger partial charge in [-0.25, -0.2) is 4.98 Å². The summed E-state index contributed by atoms with van der Waals surface area (Å²) in [5.74, 6) is 0.934. The Morgan fingerprint density at radius 1 is 1.36 bits per heavy atom. The summed E-state index contributed by atoms with van der Waals surface area (Å²) >= 11 is 0. The molecule has 0 saturated carbocycles. The van der Waals surface area contributed by atoms with Crippen molar-refractivity contribution in [3.8, 4) is 0 Å². The Morgan fingerprint density at radius 3 is 2.82 bits per heavy atom. The van der Waals surface area contributed by atoms with Crippen LogP contribution in [0.4, 0.5) is 0 Å². The normalized spacial score (nSPS) is 12.1. The fraction of sp³-hybridized carbons (Fsp3) is 0.412. The summed E-state index contributed by atoms with van der Waals surface area (Å²) in [5.41, 5.74) is 1.07. The number of imidazole rings is 1. The van der Waals surface area contributed by atoms with Crippen LogP contribution < -0.4 is 5.32 Å². The molecule has 0 spiro atoms. The van der Waals surface area contributed by atoms with Crippen molar-refractivity contribution in [2.45, 2.75) is 38.8 Å². The van der Waals surface area contributed by atoms with E-state index < -0.39 is 6.10 Å². The molecule has 0 aliphatic heterocycles. The minimum absolute atomic E-state index is 0.0233. The fourth-order valence-electron chi connectivity index (χ4n) is 2.33. The van der Waals surface area contributed by atoms with Crippen molar-refractivity contribution in [3.63, 3.8) is 0 Å². The maximum Gasteiger partial charge on any atom is 0.220 e. The predicted molar refractivity (Wildman–Crippen MR) is 85.4 cm³/mol. The Hall–Kier alpha value is -2.14. The van der Waals surface area contributed by atoms with Gasteiger partial charge in [0.2, 0.25) is 5.91 Å². The van der Waals surface area contributed by atoms with Gasteiger partial charge >= 0.3 is 0 Å². The van der Waals surface area contributed by atoms with Crippen LogP contribution in [0.15, 0.2) is 42.7 Å². The highest BCUT2D eigenvalue weighted by Crippen LogP contribution is 2.03. The summed E-state index contributed by atoms with van der Waals surface area (Å²) in [5, 5.41) is 12.7. The first-order valence-electron chi connectivity index (χ1n) is 7.61. The van der Waals surface area contributed by atoms with Gasteiger partial charge in [0.1, 0.15) is 5.82 Å². The molecule has 1 amide bonds. The SMILES string of the molecule is Cc1nccn1CCCC(=O)NCC(O)Cc1ccccc1. The molecule has 0 bridgehead atoms. The molecule has 1 heterocycles. The van der Waals surface area contributed by atoms with Crippen molar-refractivity contribution in [1.82, 2.24) is 14.9 Å². The van der Waals surface area contributed by atoms with Crippen LogP contribution in [0.1, 0.15) is 24.2 Å². The number of aliphatic hydroxyl groups is 1. The van der Waals surface area contributed by atoms with Gasteiger partial charge in [-0.15, -0.1) is 0 Å². The summed E-state index contributed by atoms with van der Waals surface area (Å²) < 4.78 is 2.03. The van der Waals surface area contributed by atoms with E-state index in [0.717, 1.165) is 24.4 Å². The van der Waals surface area contributed by atoms with Crippen LogP contribution in [0.25, 0.3) is 0 Å². The van der Waals surface area contributed by atoms with Crippen LogP contribution in [0.5, 0.6) is 0 Å². The molecule has 2 N–H and O–H groups in total. The van der Waals surface area contributed by atoms with E-state index in [4.69, 9.17) is 0 Å². The third kappa shape index (κ3) is 5.33. The van der Waals surface area contributed by atoms with Crippen LogP contribution >= 0.6 is 0 Å². The highest BCUT2D eigenvalue weighted by Gasteiger charge is 2.08. The van der Waals surface area contributed by atoms with Gasteiger partial charge in [-0.05, 0) is 18.9 Å². The van der Waals surface area contributed by atoms with Gasteiger partial charge in [0.05, 0.1) is 6.10 Å². The summed E-state index contributed by atoms with van der Waals surface area (Å²) in [6.07, 6.45) is 4.89. The molecular formula is C17H23N3O2. The topological polar surface area (TPSA) is 67.2 Å². The van der Waals surface area contributed by atoms with E-state index in [9.17, 15) is 9.90 Å². The maximum atomic E-state index is 11.8. The average Bonchev–Trinajstić information content (AvgIpc) is 2.92. The molecule has 2 rings (SSSR count). The lowest BCUT2D eigenvalue weighted by atomic mass is 10.1. The highest BCUT2D eigenvalue weighted by atomic mass is 16.3. The molecule has 5 heteroatoms.